The van der Waals surface area contributed by atoms with E-state index in [9.17, 15) is 18.0 Å². The normalized spacial score (nSPS) is 12.1. The standard InChI is InChI=1S/C34H45N3O8S/c1-10-27(33(39)35-34(3,4)5)36(21-24-13-11-12-23(2)18-24)32(38)22-37(28-19-25(42-6)14-16-29(28)43-7)46(40,41)26-15-17-30(44-8)31(20-26)45-9/h11-20,27H,10,21-22H2,1-9H3,(H,35,39). The van der Waals surface area contributed by atoms with Gasteiger partial charge in [0.2, 0.25) is 11.8 Å². The highest BCUT2D eigenvalue weighted by Gasteiger charge is 2.36. The lowest BCUT2D eigenvalue weighted by molar-refractivity contribution is -0.141. The Balaban J connectivity index is 2.21. The van der Waals surface area contributed by atoms with Gasteiger partial charge >= 0.3 is 0 Å². The SMILES string of the molecule is CCC(C(=O)NC(C)(C)C)N(Cc1cccc(C)c1)C(=O)CN(c1cc(OC)ccc1OC)S(=O)(=O)c1ccc(OC)c(OC)c1. The Kier molecular flexibility index (Phi) is 11.9. The molecular weight excluding hydrogens is 610 g/mol. The Bertz CT molecular complexity index is 1640. The predicted molar refractivity (Wildman–Crippen MR) is 177 cm³/mol. The zero-order chi connectivity index (χ0) is 34.2. The van der Waals surface area contributed by atoms with Crippen molar-refractivity contribution >= 4 is 27.5 Å². The van der Waals surface area contributed by atoms with Gasteiger partial charge in [0.15, 0.2) is 11.5 Å². The minimum atomic E-state index is -4.44. The van der Waals surface area contributed by atoms with Crippen molar-refractivity contribution in [3.8, 4) is 23.0 Å². The zero-order valence-electron chi connectivity index (χ0n) is 28.0. The zero-order valence-corrected chi connectivity index (χ0v) is 28.9. The number of rotatable bonds is 14. The molecule has 2 amide bonds. The van der Waals surface area contributed by atoms with Crippen molar-refractivity contribution in [3.05, 3.63) is 71.8 Å². The van der Waals surface area contributed by atoms with E-state index < -0.39 is 34.1 Å². The molecule has 0 aromatic heterocycles. The second kappa shape index (κ2) is 15.2. The van der Waals surface area contributed by atoms with Gasteiger partial charge in [0.05, 0.1) is 39.0 Å². The van der Waals surface area contributed by atoms with Crippen LogP contribution in [0.2, 0.25) is 0 Å². The number of ether oxygens (including phenoxy) is 4. The van der Waals surface area contributed by atoms with Crippen LogP contribution in [0.15, 0.2) is 65.6 Å². The summed E-state index contributed by atoms with van der Waals surface area (Å²) < 4.78 is 51.6. The van der Waals surface area contributed by atoms with E-state index in [1.54, 1.807) is 12.1 Å². The van der Waals surface area contributed by atoms with Crippen molar-refractivity contribution in [3.63, 3.8) is 0 Å². The molecule has 11 nitrogen and oxygen atoms in total. The number of nitrogens with one attached hydrogen (secondary N) is 1. The summed E-state index contributed by atoms with van der Waals surface area (Å²) in [6, 6.07) is 15.6. The van der Waals surface area contributed by atoms with Gasteiger partial charge in [0, 0.05) is 24.2 Å². The van der Waals surface area contributed by atoms with Crippen molar-refractivity contribution in [2.75, 3.05) is 39.3 Å². The summed E-state index contributed by atoms with van der Waals surface area (Å²) in [4.78, 5) is 29.3. The lowest BCUT2D eigenvalue weighted by Gasteiger charge is -2.35. The van der Waals surface area contributed by atoms with Gasteiger partial charge in [-0.1, -0.05) is 36.8 Å². The molecule has 1 unspecified atom stereocenters. The van der Waals surface area contributed by atoms with Gasteiger partial charge in [0.1, 0.15) is 24.1 Å². The van der Waals surface area contributed by atoms with Crippen LogP contribution in [0.3, 0.4) is 0 Å². The molecule has 0 spiro atoms. The number of anilines is 1. The maximum absolute atomic E-state index is 14.5. The van der Waals surface area contributed by atoms with Gasteiger partial charge in [-0.25, -0.2) is 8.42 Å². The number of hydrogen-bond acceptors (Lipinski definition) is 8. The Morgan fingerprint density at radius 3 is 2.07 bits per heavy atom. The molecule has 1 atom stereocenters. The van der Waals surface area contributed by atoms with E-state index >= 15 is 0 Å². The number of hydrogen-bond donors (Lipinski definition) is 1. The van der Waals surface area contributed by atoms with E-state index in [2.05, 4.69) is 5.32 Å². The number of methoxy groups -OCH3 is 4. The molecule has 3 rings (SSSR count). The van der Waals surface area contributed by atoms with Crippen LogP contribution >= 0.6 is 0 Å². The average molecular weight is 656 g/mol. The molecule has 0 aliphatic rings. The largest absolute Gasteiger partial charge is 0.497 e. The highest BCUT2D eigenvalue weighted by atomic mass is 32.2. The molecular formula is C34H45N3O8S. The van der Waals surface area contributed by atoms with E-state index in [1.807, 2.05) is 58.9 Å². The lowest BCUT2D eigenvalue weighted by Crippen LogP contribution is -2.55. The molecule has 0 aliphatic heterocycles. The summed E-state index contributed by atoms with van der Waals surface area (Å²) in [5.41, 5.74) is 1.30. The number of sulfonamides is 1. The van der Waals surface area contributed by atoms with Gasteiger partial charge in [0.25, 0.3) is 10.0 Å². The molecule has 0 saturated heterocycles. The van der Waals surface area contributed by atoms with E-state index in [0.717, 1.165) is 15.4 Å². The topological polar surface area (TPSA) is 124 Å². The summed E-state index contributed by atoms with van der Waals surface area (Å²) in [5.74, 6) is 0.140. The highest BCUT2D eigenvalue weighted by molar-refractivity contribution is 7.92. The highest BCUT2D eigenvalue weighted by Crippen LogP contribution is 2.38. The number of nitrogens with zero attached hydrogens (tertiary/aromatic N) is 2. The van der Waals surface area contributed by atoms with Crippen molar-refractivity contribution in [2.45, 2.75) is 64.1 Å². The molecule has 0 aliphatic carbocycles. The summed E-state index contributed by atoms with van der Waals surface area (Å²) in [6.07, 6.45) is 0.296. The Morgan fingerprint density at radius 1 is 0.848 bits per heavy atom. The van der Waals surface area contributed by atoms with Crippen molar-refractivity contribution in [1.29, 1.82) is 0 Å². The third kappa shape index (κ3) is 8.63. The Labute approximate surface area is 272 Å². The van der Waals surface area contributed by atoms with Gasteiger partial charge in [-0.2, -0.15) is 0 Å². The average Bonchev–Trinajstić information content (AvgIpc) is 3.01. The molecule has 0 fully saturated rings. The van der Waals surface area contributed by atoms with Crippen molar-refractivity contribution in [2.24, 2.45) is 0 Å². The molecule has 0 saturated carbocycles. The molecule has 46 heavy (non-hydrogen) atoms. The lowest BCUT2D eigenvalue weighted by atomic mass is 10.0. The van der Waals surface area contributed by atoms with Crippen LogP contribution in [0.5, 0.6) is 23.0 Å². The molecule has 12 heteroatoms. The van der Waals surface area contributed by atoms with Crippen molar-refractivity contribution in [1.82, 2.24) is 10.2 Å². The van der Waals surface area contributed by atoms with Gasteiger partial charge in [-0.3, -0.25) is 13.9 Å². The van der Waals surface area contributed by atoms with E-state index in [4.69, 9.17) is 18.9 Å². The second-order valence-electron chi connectivity index (χ2n) is 11.7. The second-order valence-corrected chi connectivity index (χ2v) is 13.6. The third-order valence-electron chi connectivity index (χ3n) is 7.20. The fraction of sp³-hybridized carbons (Fsp3) is 0.412. The van der Waals surface area contributed by atoms with Crippen LogP contribution in [-0.4, -0.2) is 71.7 Å². The Morgan fingerprint density at radius 2 is 1.50 bits per heavy atom. The fourth-order valence-electron chi connectivity index (χ4n) is 4.99. The van der Waals surface area contributed by atoms with E-state index in [1.165, 1.54) is 57.6 Å². The molecule has 3 aromatic rings. The van der Waals surface area contributed by atoms with Crippen LogP contribution in [0.25, 0.3) is 0 Å². The molecule has 0 heterocycles. The van der Waals surface area contributed by atoms with Crippen LogP contribution in [0.4, 0.5) is 5.69 Å². The number of aryl methyl sites for hydroxylation is 1. The quantitative estimate of drug-likeness (QED) is 0.259. The first kappa shape index (κ1) is 36.0. The number of carbonyl (C=O) groups excluding carboxylic acids is 2. The number of amides is 2. The van der Waals surface area contributed by atoms with Crippen LogP contribution in [-0.2, 0) is 26.2 Å². The maximum atomic E-state index is 14.5. The van der Waals surface area contributed by atoms with Gasteiger partial charge in [-0.05, 0) is 63.9 Å². The van der Waals surface area contributed by atoms with E-state index in [0.29, 0.717) is 17.9 Å². The van der Waals surface area contributed by atoms with Crippen molar-refractivity contribution < 1.29 is 37.0 Å². The van der Waals surface area contributed by atoms with E-state index in [-0.39, 0.29) is 34.5 Å². The first-order valence-corrected chi connectivity index (χ1v) is 16.3. The smallest absolute Gasteiger partial charge is 0.265 e. The Hall–Kier alpha value is -4.45. The summed E-state index contributed by atoms with van der Waals surface area (Å²) in [7, 11) is 1.26. The summed E-state index contributed by atoms with van der Waals surface area (Å²) >= 11 is 0. The first-order valence-electron chi connectivity index (χ1n) is 14.8. The number of carbonyl (C=O) groups is 2. The minimum Gasteiger partial charge on any atom is -0.497 e. The first-order chi connectivity index (χ1) is 21.7. The van der Waals surface area contributed by atoms with Crippen LogP contribution in [0, 0.1) is 6.92 Å². The fourth-order valence-corrected chi connectivity index (χ4v) is 6.42. The number of benzene rings is 3. The molecule has 0 bridgehead atoms. The minimum absolute atomic E-state index is 0.0766. The van der Waals surface area contributed by atoms with Crippen LogP contribution in [0.1, 0.15) is 45.2 Å². The third-order valence-corrected chi connectivity index (χ3v) is 8.95. The predicted octanol–water partition coefficient (Wildman–Crippen LogP) is 4.95. The van der Waals surface area contributed by atoms with Gasteiger partial charge < -0.3 is 29.2 Å². The summed E-state index contributed by atoms with van der Waals surface area (Å²) in [5, 5.41) is 2.97. The van der Waals surface area contributed by atoms with Gasteiger partial charge in [-0.15, -0.1) is 0 Å². The molecule has 1 N–H and O–H groups in total. The molecule has 0 radical (unpaired) electrons. The monoisotopic (exact) mass is 655 g/mol. The van der Waals surface area contributed by atoms with Crippen LogP contribution < -0.4 is 28.6 Å². The molecule has 3 aromatic carbocycles. The molecule has 250 valence electrons. The maximum Gasteiger partial charge on any atom is 0.265 e. The summed E-state index contributed by atoms with van der Waals surface area (Å²) in [6.45, 7) is 8.75.